The first-order valence-corrected chi connectivity index (χ1v) is 10.8. The van der Waals surface area contributed by atoms with E-state index in [1.54, 1.807) is 4.90 Å². The number of rotatable bonds is 11. The second-order valence-electron chi connectivity index (χ2n) is 7.02. The quantitative estimate of drug-likeness (QED) is 0.293. The zero-order valence-electron chi connectivity index (χ0n) is 17.6. The Morgan fingerprint density at radius 2 is 2.16 bits per heavy atom. The highest BCUT2D eigenvalue weighted by molar-refractivity contribution is 7.09. The van der Waals surface area contributed by atoms with Crippen molar-refractivity contribution in [2.75, 3.05) is 40.6 Å². The van der Waals surface area contributed by atoms with Gasteiger partial charge >= 0.3 is 0 Å². The topological polar surface area (TPSA) is 100 Å². The van der Waals surface area contributed by atoms with Crippen LogP contribution in [0.5, 0.6) is 11.5 Å². The Morgan fingerprint density at radius 1 is 1.32 bits per heavy atom. The molecule has 2 aromatic rings. The fraction of sp³-hybridized carbons (Fsp3) is 0.476. The third kappa shape index (κ3) is 5.93. The molecular weight excluding hydrogens is 424 g/mol. The van der Waals surface area contributed by atoms with E-state index in [1.165, 1.54) is 37.7 Å². The summed E-state index contributed by atoms with van der Waals surface area (Å²) in [5, 5.41) is 13.7. The second-order valence-corrected chi connectivity index (χ2v) is 8.05. The first-order valence-electron chi connectivity index (χ1n) is 9.95. The maximum absolute atomic E-state index is 13.5. The normalized spacial score (nSPS) is 15.6. The van der Waals surface area contributed by atoms with Crippen LogP contribution in [0.15, 0.2) is 29.6 Å². The number of methoxy groups -OCH3 is 2. The molecule has 0 aliphatic carbocycles. The summed E-state index contributed by atoms with van der Waals surface area (Å²) in [7, 11) is 2.95. The monoisotopic (exact) mass is 450 g/mol. The van der Waals surface area contributed by atoms with Crippen molar-refractivity contribution in [3.8, 4) is 11.5 Å². The number of ether oxygens (including phenoxy) is 4. The van der Waals surface area contributed by atoms with Crippen LogP contribution in [0.25, 0.3) is 0 Å². The molecule has 0 N–H and O–H groups in total. The Balaban J connectivity index is 1.93. The summed E-state index contributed by atoms with van der Waals surface area (Å²) in [6.45, 7) is 1.88. The van der Waals surface area contributed by atoms with Crippen LogP contribution in [0.4, 0.5) is 5.69 Å². The van der Waals surface area contributed by atoms with E-state index in [0.717, 1.165) is 17.7 Å². The molecule has 9 nitrogen and oxygen atoms in total. The molecule has 0 saturated carbocycles. The van der Waals surface area contributed by atoms with E-state index in [-0.39, 0.29) is 35.5 Å². The molecule has 10 heteroatoms. The minimum Gasteiger partial charge on any atom is -0.493 e. The summed E-state index contributed by atoms with van der Waals surface area (Å²) in [6, 6.07) is 6.45. The number of carbonyl (C=O) groups is 1. The van der Waals surface area contributed by atoms with Crippen LogP contribution in [0.1, 0.15) is 28.1 Å². The van der Waals surface area contributed by atoms with Crippen molar-refractivity contribution in [2.24, 2.45) is 0 Å². The lowest BCUT2D eigenvalue weighted by Gasteiger charge is -2.25. The van der Waals surface area contributed by atoms with E-state index in [1.807, 2.05) is 17.5 Å². The highest BCUT2D eigenvalue weighted by Gasteiger charge is 2.30. The largest absolute Gasteiger partial charge is 0.493 e. The van der Waals surface area contributed by atoms with Crippen LogP contribution in [0, 0.1) is 10.1 Å². The molecule has 1 atom stereocenters. The first kappa shape index (κ1) is 23.0. The number of thiophene rings is 1. The minimum absolute atomic E-state index is 0.0458. The van der Waals surface area contributed by atoms with Crippen LogP contribution in [-0.4, -0.2) is 62.4 Å². The Morgan fingerprint density at radius 3 is 2.77 bits per heavy atom. The third-order valence-electron chi connectivity index (χ3n) is 4.92. The molecule has 3 rings (SSSR count). The van der Waals surface area contributed by atoms with Gasteiger partial charge in [0.1, 0.15) is 12.2 Å². The molecule has 1 saturated heterocycles. The van der Waals surface area contributed by atoms with Crippen molar-refractivity contribution in [3.05, 3.63) is 50.2 Å². The lowest BCUT2D eigenvalue weighted by Crippen LogP contribution is -2.37. The molecule has 1 aliphatic rings. The number of nitrogens with zero attached hydrogens (tertiary/aromatic N) is 2. The highest BCUT2D eigenvalue weighted by atomic mass is 32.1. The van der Waals surface area contributed by atoms with E-state index in [2.05, 4.69) is 0 Å². The van der Waals surface area contributed by atoms with Gasteiger partial charge in [0.2, 0.25) is 0 Å². The molecule has 1 aliphatic heterocycles. The van der Waals surface area contributed by atoms with E-state index < -0.39 is 10.8 Å². The summed E-state index contributed by atoms with van der Waals surface area (Å²) < 4.78 is 21.5. The predicted molar refractivity (Wildman–Crippen MR) is 115 cm³/mol. The third-order valence-corrected chi connectivity index (χ3v) is 5.78. The van der Waals surface area contributed by atoms with Gasteiger partial charge in [-0.1, -0.05) is 6.07 Å². The standard InChI is InChI=1S/C21H26N2O7S/c1-27-8-9-30-20-12-18(23(25)26)17(11-19(20)28-2)21(24)22(13-15-5-3-7-29-15)14-16-6-4-10-31-16/h4,6,10-12,15H,3,5,7-9,13-14H2,1-2H3. The highest BCUT2D eigenvalue weighted by Crippen LogP contribution is 2.36. The molecule has 1 aromatic heterocycles. The maximum atomic E-state index is 13.5. The Kier molecular flexibility index (Phi) is 8.21. The lowest BCUT2D eigenvalue weighted by atomic mass is 10.1. The van der Waals surface area contributed by atoms with Crippen molar-refractivity contribution < 1.29 is 28.7 Å². The van der Waals surface area contributed by atoms with Gasteiger partial charge in [0.05, 0.1) is 37.4 Å². The van der Waals surface area contributed by atoms with Crippen molar-refractivity contribution in [3.63, 3.8) is 0 Å². The molecule has 1 amide bonds. The van der Waals surface area contributed by atoms with Crippen LogP contribution < -0.4 is 9.47 Å². The van der Waals surface area contributed by atoms with Gasteiger partial charge in [-0.05, 0) is 24.3 Å². The molecular formula is C21H26N2O7S. The second kappa shape index (κ2) is 11.1. The molecule has 168 valence electrons. The predicted octanol–water partition coefficient (Wildman–Crippen LogP) is 3.51. The summed E-state index contributed by atoms with van der Waals surface area (Å²) in [5.74, 6) is -0.0117. The number of amides is 1. The molecule has 1 fully saturated rings. The number of carbonyl (C=O) groups excluding carboxylic acids is 1. The smallest absolute Gasteiger partial charge is 0.286 e. The van der Waals surface area contributed by atoms with Crippen molar-refractivity contribution in [1.82, 2.24) is 4.90 Å². The Labute approximate surface area is 184 Å². The summed E-state index contributed by atoms with van der Waals surface area (Å²) in [4.78, 5) is 27.3. The number of nitro benzene ring substituents is 1. The van der Waals surface area contributed by atoms with Crippen molar-refractivity contribution in [2.45, 2.75) is 25.5 Å². The van der Waals surface area contributed by atoms with Gasteiger partial charge in [-0.25, -0.2) is 0 Å². The lowest BCUT2D eigenvalue weighted by molar-refractivity contribution is -0.385. The Bertz CT molecular complexity index is 882. The van der Waals surface area contributed by atoms with Gasteiger partial charge < -0.3 is 23.8 Å². The molecule has 0 spiro atoms. The summed E-state index contributed by atoms with van der Waals surface area (Å²) >= 11 is 1.53. The Hall–Kier alpha value is -2.69. The minimum atomic E-state index is -0.578. The van der Waals surface area contributed by atoms with Gasteiger partial charge in [0, 0.05) is 31.2 Å². The van der Waals surface area contributed by atoms with Crippen LogP contribution in [-0.2, 0) is 16.0 Å². The molecule has 31 heavy (non-hydrogen) atoms. The summed E-state index contributed by atoms with van der Waals surface area (Å²) in [6.07, 6.45) is 1.71. The van der Waals surface area contributed by atoms with Gasteiger partial charge in [-0.2, -0.15) is 0 Å². The number of hydrogen-bond acceptors (Lipinski definition) is 8. The van der Waals surface area contributed by atoms with Crippen molar-refractivity contribution >= 4 is 22.9 Å². The molecule has 1 aromatic carbocycles. The first-order chi connectivity index (χ1) is 15.0. The van der Waals surface area contributed by atoms with Crippen LogP contribution in [0.2, 0.25) is 0 Å². The van der Waals surface area contributed by atoms with E-state index in [9.17, 15) is 14.9 Å². The van der Waals surface area contributed by atoms with Gasteiger partial charge in [0.25, 0.3) is 11.6 Å². The molecule has 2 heterocycles. The van der Waals surface area contributed by atoms with Gasteiger partial charge in [-0.3, -0.25) is 14.9 Å². The van der Waals surface area contributed by atoms with Gasteiger partial charge in [0.15, 0.2) is 11.5 Å². The zero-order chi connectivity index (χ0) is 22.2. The van der Waals surface area contributed by atoms with E-state index in [4.69, 9.17) is 18.9 Å². The van der Waals surface area contributed by atoms with Crippen molar-refractivity contribution in [1.29, 1.82) is 0 Å². The maximum Gasteiger partial charge on any atom is 0.286 e. The van der Waals surface area contributed by atoms with E-state index >= 15 is 0 Å². The molecule has 0 radical (unpaired) electrons. The number of benzene rings is 1. The number of nitro groups is 1. The SMILES string of the molecule is COCCOc1cc([N+](=O)[O-])c(C(=O)N(Cc2cccs2)CC2CCCO2)cc1OC. The van der Waals surface area contributed by atoms with E-state index in [0.29, 0.717) is 26.3 Å². The fourth-order valence-electron chi connectivity index (χ4n) is 3.39. The van der Waals surface area contributed by atoms with Gasteiger partial charge in [-0.15, -0.1) is 11.3 Å². The summed E-state index contributed by atoms with van der Waals surface area (Å²) in [5.41, 5.74) is -0.378. The van der Waals surface area contributed by atoms with Crippen LogP contribution >= 0.6 is 11.3 Å². The van der Waals surface area contributed by atoms with Crippen LogP contribution in [0.3, 0.4) is 0 Å². The molecule has 0 bridgehead atoms. The number of hydrogen-bond donors (Lipinski definition) is 0. The molecule has 1 unspecified atom stereocenters. The zero-order valence-corrected chi connectivity index (χ0v) is 18.4. The fourth-order valence-corrected chi connectivity index (χ4v) is 4.11. The average Bonchev–Trinajstić information content (AvgIpc) is 3.47. The average molecular weight is 451 g/mol.